The van der Waals surface area contributed by atoms with Gasteiger partial charge in [-0.25, -0.2) is 4.39 Å². The zero-order valence-corrected chi connectivity index (χ0v) is 18.0. The monoisotopic (exact) mass is 434 g/mol. The van der Waals surface area contributed by atoms with Crippen LogP contribution in [0.5, 0.6) is 0 Å². The summed E-state index contributed by atoms with van der Waals surface area (Å²) in [6, 6.07) is 18.0. The average Bonchev–Trinajstić information content (AvgIpc) is 2.81. The number of piperazine rings is 1. The number of hydrogen-bond acceptors (Lipinski definition) is 5. The van der Waals surface area contributed by atoms with E-state index >= 15 is 0 Å². The van der Waals surface area contributed by atoms with E-state index in [9.17, 15) is 14.3 Å². The Hall–Kier alpha value is -3.29. The number of pyridine rings is 1. The lowest BCUT2D eigenvalue weighted by atomic mass is 10.0. The summed E-state index contributed by atoms with van der Waals surface area (Å²) in [6.45, 7) is 5.15. The van der Waals surface area contributed by atoms with Crippen molar-refractivity contribution in [1.29, 1.82) is 0 Å². The number of aliphatic hydroxyl groups excluding tert-OH is 1. The third-order valence-electron chi connectivity index (χ3n) is 5.65. The van der Waals surface area contributed by atoms with Crippen molar-refractivity contribution in [1.82, 2.24) is 9.88 Å². The molecule has 2 aromatic carbocycles. The number of halogens is 1. The summed E-state index contributed by atoms with van der Waals surface area (Å²) < 4.78 is 14.9. The molecule has 2 heterocycles. The molecule has 1 fully saturated rings. The Morgan fingerprint density at radius 3 is 2.47 bits per heavy atom. The van der Waals surface area contributed by atoms with E-state index in [1.165, 1.54) is 13.0 Å². The maximum absolute atomic E-state index is 14.9. The molecule has 0 saturated carbocycles. The van der Waals surface area contributed by atoms with Crippen molar-refractivity contribution in [3.05, 3.63) is 89.5 Å². The number of para-hydroxylation sites is 1. The number of aromatic nitrogens is 1. The molecule has 0 unspecified atom stereocenters. The number of anilines is 2. The molecule has 3 aromatic rings. The number of hydrogen-bond donors (Lipinski definition) is 2. The van der Waals surface area contributed by atoms with Gasteiger partial charge in [0.15, 0.2) is 0 Å². The van der Waals surface area contributed by atoms with Gasteiger partial charge in [0, 0.05) is 57.1 Å². The standard InChI is InChI=1S/C25H27FN4O2/c1-18(31)28-20-10-8-19(9-11-20)17-29-13-15-30(16-14-29)24-21(5-4-6-22(24)26)25(32)23-7-2-3-12-27-23/h2-12,25,32H,13-17H2,1H3,(H,28,31)/t25-/m0/s1. The highest BCUT2D eigenvalue weighted by atomic mass is 19.1. The summed E-state index contributed by atoms with van der Waals surface area (Å²) >= 11 is 0. The first kappa shape index (κ1) is 21.9. The smallest absolute Gasteiger partial charge is 0.221 e. The van der Waals surface area contributed by atoms with Gasteiger partial charge in [-0.1, -0.05) is 30.3 Å². The van der Waals surface area contributed by atoms with Crippen molar-refractivity contribution in [3.8, 4) is 0 Å². The molecule has 166 valence electrons. The van der Waals surface area contributed by atoms with Crippen LogP contribution < -0.4 is 10.2 Å². The molecule has 2 N–H and O–H groups in total. The van der Waals surface area contributed by atoms with E-state index in [1.54, 1.807) is 30.5 Å². The molecule has 0 spiro atoms. The third-order valence-corrected chi connectivity index (χ3v) is 5.65. The third kappa shape index (κ3) is 5.12. The van der Waals surface area contributed by atoms with Gasteiger partial charge in [0.05, 0.1) is 11.4 Å². The minimum absolute atomic E-state index is 0.0884. The topological polar surface area (TPSA) is 68.7 Å². The highest BCUT2D eigenvalue weighted by Crippen LogP contribution is 2.33. The SMILES string of the molecule is CC(=O)Nc1ccc(CN2CCN(c3c(F)cccc3[C@H](O)c3ccccn3)CC2)cc1. The second kappa shape index (κ2) is 9.89. The molecule has 1 aromatic heterocycles. The van der Waals surface area contributed by atoms with Crippen molar-refractivity contribution in [2.24, 2.45) is 0 Å². The molecule has 1 saturated heterocycles. The molecular weight excluding hydrogens is 407 g/mol. The maximum Gasteiger partial charge on any atom is 0.221 e. The van der Waals surface area contributed by atoms with Gasteiger partial charge in [-0.15, -0.1) is 0 Å². The summed E-state index contributed by atoms with van der Waals surface area (Å²) in [5.74, 6) is -0.422. The first-order valence-corrected chi connectivity index (χ1v) is 10.7. The van der Waals surface area contributed by atoms with Gasteiger partial charge in [-0.05, 0) is 35.9 Å². The van der Waals surface area contributed by atoms with Crippen LogP contribution in [0.3, 0.4) is 0 Å². The second-order valence-corrected chi connectivity index (χ2v) is 7.98. The van der Waals surface area contributed by atoms with Gasteiger partial charge >= 0.3 is 0 Å². The fourth-order valence-electron chi connectivity index (χ4n) is 4.07. The van der Waals surface area contributed by atoms with Crippen LogP contribution in [0.25, 0.3) is 0 Å². The number of rotatable bonds is 6. The fourth-order valence-corrected chi connectivity index (χ4v) is 4.07. The number of carbonyl (C=O) groups excluding carboxylic acids is 1. The summed E-state index contributed by atoms with van der Waals surface area (Å²) in [6.07, 6.45) is 0.640. The van der Waals surface area contributed by atoms with E-state index in [0.717, 1.165) is 30.9 Å². The molecule has 0 bridgehead atoms. The summed E-state index contributed by atoms with van der Waals surface area (Å²) in [4.78, 5) is 19.7. The first-order valence-electron chi connectivity index (χ1n) is 10.7. The molecule has 1 aliphatic rings. The van der Waals surface area contributed by atoms with Gasteiger partial charge in [0.1, 0.15) is 11.9 Å². The number of benzene rings is 2. The van der Waals surface area contributed by atoms with E-state index in [0.29, 0.717) is 30.0 Å². The van der Waals surface area contributed by atoms with E-state index in [4.69, 9.17) is 0 Å². The van der Waals surface area contributed by atoms with Crippen molar-refractivity contribution >= 4 is 17.3 Å². The van der Waals surface area contributed by atoms with E-state index in [-0.39, 0.29) is 11.7 Å². The molecule has 7 heteroatoms. The highest BCUT2D eigenvalue weighted by Gasteiger charge is 2.25. The van der Waals surface area contributed by atoms with Gasteiger partial charge in [0.25, 0.3) is 0 Å². The molecule has 4 rings (SSSR count). The Labute approximate surface area is 187 Å². The Morgan fingerprint density at radius 2 is 1.81 bits per heavy atom. The molecule has 0 radical (unpaired) electrons. The molecule has 0 aliphatic carbocycles. The number of amides is 1. The van der Waals surface area contributed by atoms with Gasteiger partial charge in [-0.3, -0.25) is 14.7 Å². The number of nitrogens with zero attached hydrogens (tertiary/aromatic N) is 3. The van der Waals surface area contributed by atoms with Crippen molar-refractivity contribution in [2.75, 3.05) is 36.4 Å². The van der Waals surface area contributed by atoms with Crippen LogP contribution in [0.2, 0.25) is 0 Å². The zero-order chi connectivity index (χ0) is 22.5. The number of carbonyl (C=O) groups is 1. The maximum atomic E-state index is 14.9. The first-order chi connectivity index (χ1) is 15.5. The van der Waals surface area contributed by atoms with Crippen LogP contribution in [-0.4, -0.2) is 47.1 Å². The molecule has 1 amide bonds. The average molecular weight is 435 g/mol. The quantitative estimate of drug-likeness (QED) is 0.621. The Balaban J connectivity index is 1.43. The molecular formula is C25H27FN4O2. The number of nitrogens with one attached hydrogen (secondary N) is 1. The van der Waals surface area contributed by atoms with Crippen LogP contribution in [-0.2, 0) is 11.3 Å². The number of aliphatic hydroxyl groups is 1. The molecule has 1 atom stereocenters. The van der Waals surface area contributed by atoms with Gasteiger partial charge in [0.2, 0.25) is 5.91 Å². The van der Waals surface area contributed by atoms with Crippen molar-refractivity contribution < 1.29 is 14.3 Å². The normalized spacial score (nSPS) is 15.4. The highest BCUT2D eigenvalue weighted by molar-refractivity contribution is 5.88. The van der Waals surface area contributed by atoms with E-state index in [1.807, 2.05) is 35.2 Å². The molecule has 32 heavy (non-hydrogen) atoms. The lowest BCUT2D eigenvalue weighted by molar-refractivity contribution is -0.114. The van der Waals surface area contributed by atoms with Crippen molar-refractivity contribution in [2.45, 2.75) is 19.6 Å². The van der Waals surface area contributed by atoms with E-state index < -0.39 is 6.10 Å². The van der Waals surface area contributed by atoms with Crippen LogP contribution in [0, 0.1) is 5.82 Å². The summed E-state index contributed by atoms with van der Waals surface area (Å²) in [5.41, 5.74) is 3.42. The Kier molecular flexibility index (Phi) is 6.78. The van der Waals surface area contributed by atoms with Crippen LogP contribution in [0.15, 0.2) is 66.9 Å². The predicted octanol–water partition coefficient (Wildman–Crippen LogP) is 3.58. The Morgan fingerprint density at radius 1 is 1.06 bits per heavy atom. The van der Waals surface area contributed by atoms with Crippen LogP contribution in [0.4, 0.5) is 15.8 Å². The van der Waals surface area contributed by atoms with Crippen LogP contribution >= 0.6 is 0 Å². The fraction of sp³-hybridized carbons (Fsp3) is 0.280. The lowest BCUT2D eigenvalue weighted by Crippen LogP contribution is -2.46. The minimum atomic E-state index is -0.984. The van der Waals surface area contributed by atoms with E-state index in [2.05, 4.69) is 15.2 Å². The van der Waals surface area contributed by atoms with Gasteiger partial charge in [-0.2, -0.15) is 0 Å². The Bertz CT molecular complexity index is 1050. The zero-order valence-electron chi connectivity index (χ0n) is 18.0. The summed E-state index contributed by atoms with van der Waals surface area (Å²) in [7, 11) is 0. The van der Waals surface area contributed by atoms with Crippen LogP contribution in [0.1, 0.15) is 29.8 Å². The minimum Gasteiger partial charge on any atom is -0.382 e. The largest absolute Gasteiger partial charge is 0.382 e. The van der Waals surface area contributed by atoms with Gasteiger partial charge < -0.3 is 15.3 Å². The summed E-state index contributed by atoms with van der Waals surface area (Å²) in [5, 5.41) is 13.6. The lowest BCUT2D eigenvalue weighted by Gasteiger charge is -2.37. The second-order valence-electron chi connectivity index (χ2n) is 7.98. The van der Waals surface area contributed by atoms with Crippen molar-refractivity contribution in [3.63, 3.8) is 0 Å². The predicted molar refractivity (Wildman–Crippen MR) is 123 cm³/mol. The molecule has 6 nitrogen and oxygen atoms in total. The molecule has 1 aliphatic heterocycles.